The van der Waals surface area contributed by atoms with Crippen LogP contribution in [-0.2, 0) is 10.1 Å². The quantitative estimate of drug-likeness (QED) is 0.387. The number of hydrogen-bond acceptors (Lipinski definition) is 5. The van der Waals surface area contributed by atoms with Crippen molar-refractivity contribution >= 4 is 45.5 Å². The Morgan fingerprint density at radius 1 is 0.741 bits per heavy atom. The Morgan fingerprint density at radius 2 is 1.26 bits per heavy atom. The van der Waals surface area contributed by atoms with Crippen LogP contribution in [0.5, 0.6) is 0 Å². The van der Waals surface area contributed by atoms with E-state index in [1.165, 1.54) is 12.1 Å². The third-order valence-corrected chi connectivity index (χ3v) is 4.83. The molecule has 0 aliphatic carbocycles. The van der Waals surface area contributed by atoms with Gasteiger partial charge in [-0.25, -0.2) is 9.59 Å². The van der Waals surface area contributed by atoms with E-state index in [1.807, 2.05) is 12.1 Å². The van der Waals surface area contributed by atoms with Gasteiger partial charge in [0.05, 0.1) is 11.1 Å². The van der Waals surface area contributed by atoms with Crippen molar-refractivity contribution in [3.05, 3.63) is 71.8 Å². The first kappa shape index (κ1) is 20.4. The third-order valence-electron chi connectivity index (χ3n) is 3.52. The third kappa shape index (κ3) is 4.85. The molecule has 0 atom stereocenters. The molecule has 3 aromatic rings. The van der Waals surface area contributed by atoms with Crippen LogP contribution in [0.3, 0.4) is 0 Å². The van der Waals surface area contributed by atoms with Gasteiger partial charge in [-0.15, -0.1) is 12.6 Å². The van der Waals surface area contributed by atoms with Crippen LogP contribution >= 0.6 is 12.6 Å². The van der Waals surface area contributed by atoms with Gasteiger partial charge >= 0.3 is 11.9 Å². The highest BCUT2D eigenvalue weighted by Crippen LogP contribution is 2.24. The van der Waals surface area contributed by atoms with Gasteiger partial charge in [-0.05, 0) is 35.0 Å². The highest BCUT2D eigenvalue weighted by molar-refractivity contribution is 7.86. The van der Waals surface area contributed by atoms with Crippen LogP contribution in [0.15, 0.2) is 70.5 Å². The lowest BCUT2D eigenvalue weighted by molar-refractivity contribution is 0.0684. The van der Waals surface area contributed by atoms with Gasteiger partial charge in [-0.2, -0.15) is 8.42 Å². The number of rotatable bonds is 3. The van der Waals surface area contributed by atoms with Gasteiger partial charge in [0, 0.05) is 4.90 Å². The van der Waals surface area contributed by atoms with Crippen molar-refractivity contribution in [3.8, 4) is 0 Å². The van der Waals surface area contributed by atoms with Crippen molar-refractivity contribution in [1.29, 1.82) is 0 Å². The minimum Gasteiger partial charge on any atom is -0.478 e. The summed E-state index contributed by atoms with van der Waals surface area (Å²) in [5, 5.41) is 19.1. The molecule has 0 aliphatic heterocycles. The number of benzene rings is 3. The molecule has 3 rings (SSSR count). The zero-order valence-electron chi connectivity index (χ0n) is 13.6. The van der Waals surface area contributed by atoms with Crippen LogP contribution in [0, 0.1) is 0 Å². The van der Waals surface area contributed by atoms with Crippen LogP contribution < -0.4 is 0 Å². The summed E-state index contributed by atoms with van der Waals surface area (Å²) in [4.78, 5) is 21.6. The molecular formula is C18H14O7S2. The molecule has 0 saturated heterocycles. The highest BCUT2D eigenvalue weighted by atomic mass is 32.2. The number of carboxylic acid groups (broad SMARTS) is 2. The van der Waals surface area contributed by atoms with E-state index in [9.17, 15) is 18.0 Å². The molecule has 0 aliphatic rings. The zero-order valence-corrected chi connectivity index (χ0v) is 15.3. The summed E-state index contributed by atoms with van der Waals surface area (Å²) < 4.78 is 29.9. The van der Waals surface area contributed by atoms with E-state index in [4.69, 9.17) is 14.8 Å². The Hall–Kier alpha value is -2.88. The SMILES string of the molecule is O=C(O)c1cccc2c(S)cccc12.O=C(O)c1ccccc1S(=O)(=O)O. The van der Waals surface area contributed by atoms with Crippen LogP contribution in [0.25, 0.3) is 10.8 Å². The predicted molar refractivity (Wildman–Crippen MR) is 101 cm³/mol. The Bertz CT molecular complexity index is 1120. The second kappa shape index (κ2) is 8.21. The summed E-state index contributed by atoms with van der Waals surface area (Å²) in [6.07, 6.45) is 0. The fourth-order valence-electron chi connectivity index (χ4n) is 2.35. The first-order chi connectivity index (χ1) is 12.6. The number of aromatic carboxylic acids is 2. The standard InChI is InChI=1S/C11H8O2S.C7H6O5S/c12-11(13)9-5-1-4-8-7(9)3-2-6-10(8)14;8-7(9)5-3-1-2-4-6(5)13(10,11)12/h1-6,14H,(H,12,13);1-4H,(H,8,9)(H,10,11,12). The molecule has 0 bridgehead atoms. The summed E-state index contributed by atoms with van der Waals surface area (Å²) in [6.45, 7) is 0. The number of carboxylic acids is 2. The fourth-order valence-corrected chi connectivity index (χ4v) is 3.31. The molecule has 140 valence electrons. The molecule has 0 aromatic heterocycles. The molecule has 3 N–H and O–H groups in total. The average molecular weight is 406 g/mol. The largest absolute Gasteiger partial charge is 0.478 e. The van der Waals surface area contributed by atoms with Gasteiger partial charge in [0.15, 0.2) is 0 Å². The second-order valence-electron chi connectivity index (χ2n) is 5.26. The van der Waals surface area contributed by atoms with Crippen LogP contribution in [-0.4, -0.2) is 35.1 Å². The predicted octanol–water partition coefficient (Wildman–Crippen LogP) is 3.46. The summed E-state index contributed by atoms with van der Waals surface area (Å²) >= 11 is 4.27. The summed E-state index contributed by atoms with van der Waals surface area (Å²) in [6, 6.07) is 15.5. The van der Waals surface area contributed by atoms with Gasteiger partial charge in [-0.1, -0.05) is 36.4 Å². The van der Waals surface area contributed by atoms with E-state index in [2.05, 4.69) is 12.6 Å². The van der Waals surface area contributed by atoms with Crippen molar-refractivity contribution < 1.29 is 32.8 Å². The molecule has 0 spiro atoms. The smallest absolute Gasteiger partial charge is 0.337 e. The zero-order chi connectivity index (χ0) is 20.2. The summed E-state index contributed by atoms with van der Waals surface area (Å²) in [5.74, 6) is -2.30. The van der Waals surface area contributed by atoms with E-state index >= 15 is 0 Å². The number of hydrogen-bond donors (Lipinski definition) is 4. The molecule has 0 unspecified atom stereocenters. The average Bonchev–Trinajstić information content (AvgIpc) is 2.61. The van der Waals surface area contributed by atoms with E-state index in [0.29, 0.717) is 5.56 Å². The highest BCUT2D eigenvalue weighted by Gasteiger charge is 2.18. The van der Waals surface area contributed by atoms with Crippen molar-refractivity contribution in [2.75, 3.05) is 0 Å². The first-order valence-corrected chi connectivity index (χ1v) is 9.25. The second-order valence-corrected chi connectivity index (χ2v) is 7.13. The molecular weight excluding hydrogens is 392 g/mol. The van der Waals surface area contributed by atoms with Gasteiger partial charge in [0.25, 0.3) is 10.1 Å². The van der Waals surface area contributed by atoms with E-state index in [0.717, 1.165) is 27.8 Å². The summed E-state index contributed by atoms with van der Waals surface area (Å²) in [5.41, 5.74) is -0.122. The Balaban J connectivity index is 0.000000194. The van der Waals surface area contributed by atoms with Crippen molar-refractivity contribution in [2.45, 2.75) is 9.79 Å². The lowest BCUT2D eigenvalue weighted by Crippen LogP contribution is -2.07. The lowest BCUT2D eigenvalue weighted by Gasteiger charge is -2.03. The minimum atomic E-state index is -4.46. The van der Waals surface area contributed by atoms with Crippen molar-refractivity contribution in [1.82, 2.24) is 0 Å². The maximum atomic E-state index is 10.9. The minimum absolute atomic E-state index is 0.318. The lowest BCUT2D eigenvalue weighted by atomic mass is 10.0. The fraction of sp³-hybridized carbons (Fsp3) is 0. The molecule has 0 radical (unpaired) electrons. The maximum absolute atomic E-state index is 10.9. The van der Waals surface area contributed by atoms with E-state index in [1.54, 1.807) is 24.3 Å². The van der Waals surface area contributed by atoms with E-state index < -0.39 is 32.5 Å². The molecule has 0 fully saturated rings. The van der Waals surface area contributed by atoms with Crippen molar-refractivity contribution in [3.63, 3.8) is 0 Å². The molecule has 27 heavy (non-hydrogen) atoms. The monoisotopic (exact) mass is 406 g/mol. The van der Waals surface area contributed by atoms with Gasteiger partial charge in [0.2, 0.25) is 0 Å². The Kier molecular flexibility index (Phi) is 6.21. The molecule has 7 nitrogen and oxygen atoms in total. The van der Waals surface area contributed by atoms with Gasteiger partial charge in [-0.3, -0.25) is 4.55 Å². The number of fused-ring (bicyclic) bond motifs is 1. The normalized spacial score (nSPS) is 10.7. The van der Waals surface area contributed by atoms with Gasteiger partial charge < -0.3 is 10.2 Å². The number of carbonyl (C=O) groups is 2. The van der Waals surface area contributed by atoms with Gasteiger partial charge in [0.1, 0.15) is 4.90 Å². The molecule has 0 heterocycles. The Morgan fingerprint density at radius 3 is 1.81 bits per heavy atom. The molecule has 0 saturated carbocycles. The molecule has 0 amide bonds. The maximum Gasteiger partial charge on any atom is 0.337 e. The summed E-state index contributed by atoms with van der Waals surface area (Å²) in [7, 11) is -4.46. The van der Waals surface area contributed by atoms with Crippen molar-refractivity contribution in [2.24, 2.45) is 0 Å². The molecule has 9 heteroatoms. The molecule has 3 aromatic carbocycles. The van der Waals surface area contributed by atoms with E-state index in [-0.39, 0.29) is 0 Å². The van der Waals surface area contributed by atoms with Crippen LogP contribution in [0.2, 0.25) is 0 Å². The number of thiol groups is 1. The topological polar surface area (TPSA) is 129 Å². The Labute approximate surface area is 160 Å². The first-order valence-electron chi connectivity index (χ1n) is 7.36. The van der Waals surface area contributed by atoms with Crippen LogP contribution in [0.4, 0.5) is 0 Å². The van der Waals surface area contributed by atoms with Crippen LogP contribution in [0.1, 0.15) is 20.7 Å².